The van der Waals surface area contributed by atoms with Gasteiger partial charge in [-0.25, -0.2) is 4.79 Å². The SMILES string of the molecule is COC(=O)c1ccc(Br)c(COCCC(F)(F)F)c1. The number of hydrogen-bond donors (Lipinski definition) is 0. The molecule has 1 rings (SSSR count). The lowest BCUT2D eigenvalue weighted by Gasteiger charge is -2.09. The molecule has 106 valence electrons. The molecule has 1 aromatic rings. The van der Waals surface area contributed by atoms with E-state index in [-0.39, 0.29) is 6.61 Å². The van der Waals surface area contributed by atoms with E-state index in [2.05, 4.69) is 20.7 Å². The van der Waals surface area contributed by atoms with Gasteiger partial charge in [-0.3, -0.25) is 0 Å². The summed E-state index contributed by atoms with van der Waals surface area (Å²) in [4.78, 5) is 11.3. The van der Waals surface area contributed by atoms with Gasteiger partial charge in [-0.15, -0.1) is 0 Å². The van der Waals surface area contributed by atoms with Gasteiger partial charge in [-0.2, -0.15) is 13.2 Å². The van der Waals surface area contributed by atoms with Crippen LogP contribution in [0.25, 0.3) is 0 Å². The average Bonchev–Trinajstić information content (AvgIpc) is 2.34. The van der Waals surface area contributed by atoms with Gasteiger partial charge in [-0.1, -0.05) is 15.9 Å². The second-order valence-electron chi connectivity index (χ2n) is 3.72. The molecule has 0 bridgehead atoms. The van der Waals surface area contributed by atoms with Gasteiger partial charge < -0.3 is 9.47 Å². The molecule has 0 aliphatic heterocycles. The van der Waals surface area contributed by atoms with E-state index in [0.29, 0.717) is 15.6 Å². The largest absolute Gasteiger partial charge is 0.465 e. The number of methoxy groups -OCH3 is 1. The number of hydrogen-bond acceptors (Lipinski definition) is 3. The topological polar surface area (TPSA) is 35.5 Å². The highest BCUT2D eigenvalue weighted by atomic mass is 79.9. The second kappa shape index (κ2) is 6.91. The maximum absolute atomic E-state index is 11.9. The monoisotopic (exact) mass is 340 g/mol. The second-order valence-corrected chi connectivity index (χ2v) is 4.57. The fourth-order valence-electron chi connectivity index (χ4n) is 1.30. The summed E-state index contributed by atoms with van der Waals surface area (Å²) in [6, 6.07) is 4.69. The van der Waals surface area contributed by atoms with Crippen LogP contribution < -0.4 is 0 Å². The van der Waals surface area contributed by atoms with Crippen molar-refractivity contribution in [3.63, 3.8) is 0 Å². The zero-order valence-corrected chi connectivity index (χ0v) is 11.7. The van der Waals surface area contributed by atoms with Crippen LogP contribution in [-0.4, -0.2) is 25.9 Å². The minimum Gasteiger partial charge on any atom is -0.465 e. The summed E-state index contributed by atoms with van der Waals surface area (Å²) in [6.45, 7) is -0.431. The molecule has 3 nitrogen and oxygen atoms in total. The van der Waals surface area contributed by atoms with E-state index in [4.69, 9.17) is 4.74 Å². The highest BCUT2D eigenvalue weighted by molar-refractivity contribution is 9.10. The van der Waals surface area contributed by atoms with Gasteiger partial charge in [0.2, 0.25) is 0 Å². The van der Waals surface area contributed by atoms with Crippen LogP contribution in [0.4, 0.5) is 13.2 Å². The van der Waals surface area contributed by atoms with Gasteiger partial charge in [0, 0.05) is 4.47 Å². The molecular weight excluding hydrogens is 329 g/mol. The Hall–Kier alpha value is -1.08. The van der Waals surface area contributed by atoms with Crippen molar-refractivity contribution in [2.75, 3.05) is 13.7 Å². The Morgan fingerprint density at radius 2 is 2.05 bits per heavy atom. The van der Waals surface area contributed by atoms with Crippen molar-refractivity contribution in [1.82, 2.24) is 0 Å². The molecule has 0 aromatic heterocycles. The molecule has 1 aromatic carbocycles. The highest BCUT2D eigenvalue weighted by Gasteiger charge is 2.26. The van der Waals surface area contributed by atoms with Crippen molar-refractivity contribution in [2.24, 2.45) is 0 Å². The summed E-state index contributed by atoms with van der Waals surface area (Å²) in [6.07, 6.45) is -5.23. The summed E-state index contributed by atoms with van der Waals surface area (Å²) in [5.74, 6) is -0.510. The number of rotatable bonds is 5. The lowest BCUT2D eigenvalue weighted by Crippen LogP contribution is -2.11. The van der Waals surface area contributed by atoms with E-state index in [1.807, 2.05) is 0 Å². The number of halogens is 4. The molecular formula is C12H12BrF3O3. The molecule has 0 unspecified atom stereocenters. The van der Waals surface area contributed by atoms with Crippen LogP contribution in [0.2, 0.25) is 0 Å². The van der Waals surface area contributed by atoms with Gasteiger partial charge in [-0.05, 0) is 23.8 Å². The quantitative estimate of drug-likeness (QED) is 0.605. The number of alkyl halides is 3. The van der Waals surface area contributed by atoms with Crippen molar-refractivity contribution in [1.29, 1.82) is 0 Å². The molecule has 0 saturated heterocycles. The van der Waals surface area contributed by atoms with Gasteiger partial charge in [0.15, 0.2) is 0 Å². The summed E-state index contributed by atoms with van der Waals surface area (Å²) in [5.41, 5.74) is 0.908. The fraction of sp³-hybridized carbons (Fsp3) is 0.417. The standard InChI is InChI=1S/C12H12BrF3O3/c1-18-11(17)8-2-3-10(13)9(6-8)7-19-5-4-12(14,15)16/h2-3,6H,4-5,7H2,1H3. The zero-order chi connectivity index (χ0) is 14.5. The Kier molecular flexibility index (Phi) is 5.81. The Bertz CT molecular complexity index is 446. The summed E-state index contributed by atoms with van der Waals surface area (Å²) >= 11 is 3.24. The van der Waals surface area contributed by atoms with Crippen LogP contribution in [0.5, 0.6) is 0 Å². The van der Waals surface area contributed by atoms with Crippen LogP contribution in [-0.2, 0) is 16.1 Å². The first-order valence-electron chi connectivity index (χ1n) is 5.34. The summed E-state index contributed by atoms with van der Waals surface area (Å²) in [5, 5.41) is 0. The lowest BCUT2D eigenvalue weighted by molar-refractivity contribution is -0.146. The zero-order valence-electron chi connectivity index (χ0n) is 10.1. The van der Waals surface area contributed by atoms with E-state index in [1.165, 1.54) is 13.2 Å². The van der Waals surface area contributed by atoms with Crippen molar-refractivity contribution in [3.8, 4) is 0 Å². The number of benzene rings is 1. The van der Waals surface area contributed by atoms with Gasteiger partial charge in [0.25, 0.3) is 0 Å². The molecule has 0 heterocycles. The molecule has 0 radical (unpaired) electrons. The minimum absolute atomic E-state index is 0.0124. The number of esters is 1. The van der Waals surface area contributed by atoms with E-state index in [0.717, 1.165) is 0 Å². The third-order valence-corrected chi connectivity index (χ3v) is 3.03. The smallest absolute Gasteiger partial charge is 0.391 e. The highest BCUT2D eigenvalue weighted by Crippen LogP contribution is 2.22. The van der Waals surface area contributed by atoms with E-state index >= 15 is 0 Å². The maximum Gasteiger partial charge on any atom is 0.391 e. The summed E-state index contributed by atoms with van der Waals surface area (Å²) < 4.78 is 45.9. The lowest BCUT2D eigenvalue weighted by atomic mass is 10.1. The average molecular weight is 341 g/mol. The molecule has 0 fully saturated rings. The molecule has 19 heavy (non-hydrogen) atoms. The third-order valence-electron chi connectivity index (χ3n) is 2.25. The van der Waals surface area contributed by atoms with E-state index in [9.17, 15) is 18.0 Å². The van der Waals surface area contributed by atoms with Crippen LogP contribution in [0, 0.1) is 0 Å². The van der Waals surface area contributed by atoms with Crippen LogP contribution in [0.15, 0.2) is 22.7 Å². The fourth-order valence-corrected chi connectivity index (χ4v) is 1.66. The predicted molar refractivity (Wildman–Crippen MR) is 65.8 cm³/mol. The minimum atomic E-state index is -4.23. The van der Waals surface area contributed by atoms with Gasteiger partial charge in [0.05, 0.1) is 32.3 Å². The Morgan fingerprint density at radius 1 is 1.37 bits per heavy atom. The third kappa shape index (κ3) is 5.61. The summed E-state index contributed by atoms with van der Waals surface area (Å²) in [7, 11) is 1.25. The molecule has 0 N–H and O–H groups in total. The van der Waals surface area contributed by atoms with E-state index < -0.39 is 25.2 Å². The van der Waals surface area contributed by atoms with Crippen LogP contribution in [0.1, 0.15) is 22.3 Å². The predicted octanol–water partition coefficient (Wildman–Crippen LogP) is 3.70. The van der Waals surface area contributed by atoms with Crippen molar-refractivity contribution >= 4 is 21.9 Å². The molecule has 0 aliphatic carbocycles. The maximum atomic E-state index is 11.9. The van der Waals surface area contributed by atoms with Crippen LogP contribution in [0.3, 0.4) is 0 Å². The molecule has 0 amide bonds. The molecule has 0 atom stereocenters. The van der Waals surface area contributed by atoms with Gasteiger partial charge >= 0.3 is 12.1 Å². The molecule has 7 heteroatoms. The van der Waals surface area contributed by atoms with E-state index in [1.54, 1.807) is 12.1 Å². The first-order valence-corrected chi connectivity index (χ1v) is 6.14. The van der Waals surface area contributed by atoms with Crippen LogP contribution >= 0.6 is 15.9 Å². The van der Waals surface area contributed by atoms with Crippen molar-refractivity contribution < 1.29 is 27.4 Å². The normalized spacial score (nSPS) is 11.4. The first-order chi connectivity index (χ1) is 8.83. The molecule has 0 aliphatic rings. The Balaban J connectivity index is 2.60. The molecule has 0 spiro atoms. The van der Waals surface area contributed by atoms with Crippen molar-refractivity contribution in [2.45, 2.75) is 19.2 Å². The Morgan fingerprint density at radius 3 is 2.63 bits per heavy atom. The number of carbonyl (C=O) groups excluding carboxylic acids is 1. The number of carbonyl (C=O) groups is 1. The van der Waals surface area contributed by atoms with Crippen molar-refractivity contribution in [3.05, 3.63) is 33.8 Å². The molecule has 0 saturated carbocycles. The number of ether oxygens (including phenoxy) is 2. The Labute approximate surface area is 116 Å². The van der Waals surface area contributed by atoms with Gasteiger partial charge in [0.1, 0.15) is 0 Å². The first kappa shape index (κ1) is 16.0.